The van der Waals surface area contributed by atoms with E-state index < -0.39 is 17.7 Å². The Hall–Kier alpha value is -3.80. The van der Waals surface area contributed by atoms with E-state index in [2.05, 4.69) is 10.4 Å². The summed E-state index contributed by atoms with van der Waals surface area (Å²) in [5.41, 5.74) is 7.23. The molecule has 2 atom stereocenters. The van der Waals surface area contributed by atoms with E-state index in [1.165, 1.54) is 6.20 Å². The number of nitrogens with zero attached hydrogens (tertiary/aromatic N) is 2. The van der Waals surface area contributed by atoms with Crippen LogP contribution >= 0.6 is 0 Å². The van der Waals surface area contributed by atoms with E-state index in [9.17, 15) is 14.4 Å². The molecule has 3 aromatic rings. The molecule has 2 unspecified atom stereocenters. The number of nitrogens with one attached hydrogen (secondary N) is 1. The number of carbonyl (C=O) groups is 3. The molecule has 1 aromatic heterocycles. The highest BCUT2D eigenvalue weighted by Gasteiger charge is 2.62. The van der Waals surface area contributed by atoms with Crippen LogP contribution in [0.1, 0.15) is 44.4 Å². The van der Waals surface area contributed by atoms with Gasteiger partial charge in [-0.15, -0.1) is 0 Å². The minimum Gasteiger partial charge on any atom is -0.272 e. The number of rotatable bonds is 2. The van der Waals surface area contributed by atoms with Crippen LogP contribution in [-0.2, 0) is 9.59 Å². The lowest BCUT2D eigenvalue weighted by molar-refractivity contribution is -0.142. The molecule has 4 aliphatic rings. The number of imide groups is 1. The molecule has 0 spiro atoms. The molecule has 2 bridgehead atoms. The second-order valence-corrected chi connectivity index (χ2v) is 7.96. The number of benzene rings is 2. The Bertz CT molecular complexity index is 1110. The Morgan fingerprint density at radius 1 is 0.767 bits per heavy atom. The van der Waals surface area contributed by atoms with Gasteiger partial charge in [0.2, 0.25) is 0 Å². The molecular formula is C24H17N3O3. The van der Waals surface area contributed by atoms with Crippen LogP contribution in [0.3, 0.4) is 0 Å². The zero-order valence-electron chi connectivity index (χ0n) is 15.9. The molecule has 146 valence electrons. The summed E-state index contributed by atoms with van der Waals surface area (Å²) < 4.78 is 0. The molecule has 3 amide bonds. The smallest absolute Gasteiger partial charge is 0.271 e. The predicted molar refractivity (Wildman–Crippen MR) is 107 cm³/mol. The molecule has 1 fully saturated rings. The van der Waals surface area contributed by atoms with E-state index in [1.807, 2.05) is 48.5 Å². The Morgan fingerprint density at radius 3 is 1.70 bits per heavy atom. The molecule has 0 radical (unpaired) electrons. The van der Waals surface area contributed by atoms with Crippen LogP contribution in [0.5, 0.6) is 0 Å². The molecule has 2 aromatic carbocycles. The molecule has 0 saturated carbocycles. The van der Waals surface area contributed by atoms with E-state index >= 15 is 0 Å². The van der Waals surface area contributed by atoms with Crippen molar-refractivity contribution in [2.75, 3.05) is 0 Å². The summed E-state index contributed by atoms with van der Waals surface area (Å²) in [4.78, 5) is 43.3. The SMILES string of the molecule is O=C(NN1C(=O)C2C3c4ccccc4C(c4ccccc43)C2C1=O)c1cccnc1. The lowest BCUT2D eigenvalue weighted by atomic mass is 9.55. The highest BCUT2D eigenvalue weighted by atomic mass is 16.2. The molecule has 1 saturated heterocycles. The van der Waals surface area contributed by atoms with Crippen LogP contribution in [0.4, 0.5) is 0 Å². The monoisotopic (exact) mass is 395 g/mol. The summed E-state index contributed by atoms with van der Waals surface area (Å²) in [6.07, 6.45) is 2.96. The first-order chi connectivity index (χ1) is 14.7. The number of amides is 3. The predicted octanol–water partition coefficient (Wildman–Crippen LogP) is 2.62. The summed E-state index contributed by atoms with van der Waals surface area (Å²) >= 11 is 0. The normalized spacial score (nSPS) is 25.5. The van der Waals surface area contributed by atoms with Crippen molar-refractivity contribution in [3.63, 3.8) is 0 Å². The fourth-order valence-corrected chi connectivity index (χ4v) is 5.45. The number of hydrogen-bond donors (Lipinski definition) is 1. The molecule has 3 aliphatic carbocycles. The van der Waals surface area contributed by atoms with Crippen LogP contribution in [-0.4, -0.2) is 27.7 Å². The second-order valence-electron chi connectivity index (χ2n) is 7.96. The Kier molecular flexibility index (Phi) is 3.47. The molecule has 7 rings (SSSR count). The Labute approximate surface area is 172 Å². The lowest BCUT2D eigenvalue weighted by Gasteiger charge is -2.45. The third kappa shape index (κ3) is 2.13. The highest BCUT2D eigenvalue weighted by Crippen LogP contribution is 2.60. The van der Waals surface area contributed by atoms with Crippen molar-refractivity contribution < 1.29 is 14.4 Å². The summed E-state index contributed by atoms with van der Waals surface area (Å²) in [6, 6.07) is 19.3. The van der Waals surface area contributed by atoms with Crippen molar-refractivity contribution in [1.82, 2.24) is 15.4 Å². The van der Waals surface area contributed by atoms with Gasteiger partial charge >= 0.3 is 0 Å². The van der Waals surface area contributed by atoms with Crippen LogP contribution in [0, 0.1) is 11.8 Å². The largest absolute Gasteiger partial charge is 0.272 e. The van der Waals surface area contributed by atoms with Gasteiger partial charge in [0, 0.05) is 24.2 Å². The number of aromatic nitrogens is 1. The average molecular weight is 395 g/mol. The van der Waals surface area contributed by atoms with Gasteiger partial charge in [0.05, 0.1) is 17.4 Å². The van der Waals surface area contributed by atoms with Crippen LogP contribution < -0.4 is 5.43 Å². The Morgan fingerprint density at radius 2 is 1.27 bits per heavy atom. The van der Waals surface area contributed by atoms with E-state index in [1.54, 1.807) is 18.3 Å². The first kappa shape index (κ1) is 17.1. The minimum atomic E-state index is -0.522. The molecular weight excluding hydrogens is 378 g/mol. The lowest BCUT2D eigenvalue weighted by Crippen LogP contribution is -2.46. The van der Waals surface area contributed by atoms with E-state index in [0.29, 0.717) is 5.56 Å². The molecule has 6 nitrogen and oxygen atoms in total. The maximum Gasteiger partial charge on any atom is 0.271 e. The standard InChI is InChI=1S/C24H17N3O3/c28-22(13-6-5-11-25-12-13)26-27-23(29)20-18-14-7-1-2-8-15(14)19(21(20)24(27)30)17-10-4-3-9-16(17)18/h1-12,18-21H,(H,26,28). The zero-order chi connectivity index (χ0) is 20.4. The van der Waals surface area contributed by atoms with Gasteiger partial charge in [-0.05, 0) is 34.4 Å². The van der Waals surface area contributed by atoms with Gasteiger partial charge in [-0.1, -0.05) is 48.5 Å². The van der Waals surface area contributed by atoms with Gasteiger partial charge < -0.3 is 0 Å². The molecule has 30 heavy (non-hydrogen) atoms. The zero-order valence-corrected chi connectivity index (χ0v) is 15.9. The van der Waals surface area contributed by atoms with Gasteiger partial charge in [0.25, 0.3) is 17.7 Å². The quantitative estimate of drug-likeness (QED) is 0.677. The van der Waals surface area contributed by atoms with Crippen molar-refractivity contribution in [2.45, 2.75) is 11.8 Å². The van der Waals surface area contributed by atoms with Crippen LogP contribution in [0.15, 0.2) is 73.1 Å². The number of pyridine rings is 1. The van der Waals surface area contributed by atoms with Gasteiger partial charge in [-0.25, -0.2) is 0 Å². The van der Waals surface area contributed by atoms with Gasteiger partial charge in [-0.2, -0.15) is 5.01 Å². The fourth-order valence-electron chi connectivity index (χ4n) is 5.45. The van der Waals surface area contributed by atoms with Crippen molar-refractivity contribution >= 4 is 17.7 Å². The summed E-state index contributed by atoms with van der Waals surface area (Å²) in [5.74, 6) is -2.62. The third-order valence-electron chi connectivity index (χ3n) is 6.59. The first-order valence-corrected chi connectivity index (χ1v) is 9.93. The van der Waals surface area contributed by atoms with Crippen molar-refractivity contribution in [3.05, 3.63) is 101 Å². The number of carbonyl (C=O) groups excluding carboxylic acids is 3. The summed E-state index contributed by atoms with van der Waals surface area (Å²) in [7, 11) is 0. The van der Waals surface area contributed by atoms with E-state index in [0.717, 1.165) is 27.3 Å². The van der Waals surface area contributed by atoms with Gasteiger partial charge in [0.1, 0.15) is 0 Å². The molecule has 6 heteroatoms. The van der Waals surface area contributed by atoms with E-state index in [4.69, 9.17) is 0 Å². The van der Waals surface area contributed by atoms with Crippen LogP contribution in [0.25, 0.3) is 0 Å². The van der Waals surface area contributed by atoms with Crippen molar-refractivity contribution in [1.29, 1.82) is 0 Å². The minimum absolute atomic E-state index is 0.191. The molecule has 1 aliphatic heterocycles. The topological polar surface area (TPSA) is 79.4 Å². The van der Waals surface area contributed by atoms with Crippen LogP contribution in [0.2, 0.25) is 0 Å². The molecule has 2 heterocycles. The van der Waals surface area contributed by atoms with E-state index in [-0.39, 0.29) is 23.7 Å². The maximum absolute atomic E-state index is 13.4. The van der Waals surface area contributed by atoms with Gasteiger partial charge in [0.15, 0.2) is 0 Å². The second kappa shape index (κ2) is 6.10. The average Bonchev–Trinajstić information content (AvgIpc) is 3.05. The fraction of sp³-hybridized carbons (Fsp3) is 0.167. The molecule has 1 N–H and O–H groups in total. The maximum atomic E-state index is 13.4. The summed E-state index contributed by atoms with van der Waals surface area (Å²) in [6.45, 7) is 0. The van der Waals surface area contributed by atoms with Gasteiger partial charge in [-0.3, -0.25) is 24.8 Å². The highest BCUT2D eigenvalue weighted by molar-refractivity contribution is 6.09. The van der Waals surface area contributed by atoms with Crippen molar-refractivity contribution in [3.8, 4) is 0 Å². The van der Waals surface area contributed by atoms with Crippen molar-refractivity contribution in [2.24, 2.45) is 11.8 Å². The summed E-state index contributed by atoms with van der Waals surface area (Å²) in [5, 5.41) is 0.933. The number of hydrazine groups is 1. The first-order valence-electron chi connectivity index (χ1n) is 9.93. The number of hydrogen-bond acceptors (Lipinski definition) is 4. The Balaban J connectivity index is 1.44. The third-order valence-corrected chi connectivity index (χ3v) is 6.59.